The maximum absolute atomic E-state index is 13.3. The Morgan fingerprint density at radius 2 is 1.90 bits per heavy atom. The number of nitrogens with zero attached hydrogens (tertiary/aromatic N) is 1. The van der Waals surface area contributed by atoms with Crippen LogP contribution in [0.3, 0.4) is 0 Å². The van der Waals surface area contributed by atoms with E-state index in [4.69, 9.17) is 23.2 Å². The molecule has 4 nitrogen and oxygen atoms in total. The van der Waals surface area contributed by atoms with Crippen LogP contribution in [-0.4, -0.2) is 29.5 Å². The predicted octanol–water partition coefficient (Wildman–Crippen LogP) is 5.19. The van der Waals surface area contributed by atoms with Crippen LogP contribution in [0.25, 0.3) is 0 Å². The van der Waals surface area contributed by atoms with Gasteiger partial charge in [-0.2, -0.15) is 0 Å². The number of hydrogen-bond donors (Lipinski definition) is 2. The molecular weight excluding hydrogens is 414 g/mol. The second-order valence-electron chi connectivity index (χ2n) is 6.88. The lowest BCUT2D eigenvalue weighted by Gasteiger charge is -2.24. The third kappa shape index (κ3) is 4.57. The zero-order valence-electron chi connectivity index (χ0n) is 15.9. The highest BCUT2D eigenvalue weighted by atomic mass is 35.5. The van der Waals surface area contributed by atoms with Gasteiger partial charge < -0.3 is 15.3 Å². The number of carbonyl (C=O) groups is 1. The van der Waals surface area contributed by atoms with E-state index in [0.717, 1.165) is 12.0 Å². The van der Waals surface area contributed by atoms with Crippen molar-refractivity contribution in [2.24, 2.45) is 0 Å². The van der Waals surface area contributed by atoms with Crippen LogP contribution >= 0.6 is 23.2 Å². The first-order valence-corrected chi connectivity index (χ1v) is 9.88. The maximum Gasteiger partial charge on any atom is 0.253 e. The summed E-state index contributed by atoms with van der Waals surface area (Å²) in [6.45, 7) is 4.25. The number of aliphatic hydroxyl groups excluding tert-OH is 1. The minimum absolute atomic E-state index is 0.149. The summed E-state index contributed by atoms with van der Waals surface area (Å²) in [5, 5.41) is 14.3. The fraction of sp³-hybridized carbons (Fsp3) is 0.227. The number of carbonyl (C=O) groups excluding carboxylic acids is 1. The highest BCUT2D eigenvalue weighted by Crippen LogP contribution is 2.40. The Kier molecular flexibility index (Phi) is 6.50. The van der Waals surface area contributed by atoms with Crippen molar-refractivity contribution >= 4 is 29.1 Å². The van der Waals surface area contributed by atoms with E-state index >= 15 is 0 Å². The standard InChI is InChI=1S/C22H21Cl2FN2O2/c1-13-21(28)19(20(27(13)2)15-6-8-16(25)9-7-15)22(29)26-11-3-4-14-5-10-17(23)18(24)12-14/h5-10,12,20,28H,1,3-4,11H2,2H3,(H,26,29). The predicted molar refractivity (Wildman–Crippen MR) is 113 cm³/mol. The van der Waals surface area contributed by atoms with Crippen molar-refractivity contribution in [3.63, 3.8) is 0 Å². The molecule has 0 fully saturated rings. The highest BCUT2D eigenvalue weighted by molar-refractivity contribution is 6.42. The summed E-state index contributed by atoms with van der Waals surface area (Å²) in [6.07, 6.45) is 1.41. The van der Waals surface area contributed by atoms with Crippen molar-refractivity contribution in [1.29, 1.82) is 0 Å². The number of halogens is 3. The summed E-state index contributed by atoms with van der Waals surface area (Å²) in [5.41, 5.74) is 2.27. The number of nitrogens with one attached hydrogen (secondary N) is 1. The first-order valence-electron chi connectivity index (χ1n) is 9.12. The lowest BCUT2D eigenvalue weighted by Crippen LogP contribution is -2.30. The molecule has 1 unspecified atom stereocenters. The van der Waals surface area contributed by atoms with Gasteiger partial charge in [0.2, 0.25) is 0 Å². The highest BCUT2D eigenvalue weighted by Gasteiger charge is 2.38. The van der Waals surface area contributed by atoms with Crippen LogP contribution in [0.2, 0.25) is 10.0 Å². The SMILES string of the molecule is C=C1C(O)=C(C(=O)NCCCc2ccc(Cl)c(Cl)c2)C(c2ccc(F)cc2)N1C. The first-order chi connectivity index (χ1) is 13.8. The fourth-order valence-electron chi connectivity index (χ4n) is 3.35. The Bertz CT molecular complexity index is 973. The molecule has 2 aromatic carbocycles. The lowest BCUT2D eigenvalue weighted by molar-refractivity contribution is -0.118. The minimum Gasteiger partial charge on any atom is -0.505 e. The third-order valence-electron chi connectivity index (χ3n) is 4.96. The monoisotopic (exact) mass is 434 g/mol. The Balaban J connectivity index is 1.66. The Morgan fingerprint density at radius 1 is 1.21 bits per heavy atom. The number of benzene rings is 2. The van der Waals surface area contributed by atoms with Gasteiger partial charge >= 0.3 is 0 Å². The Labute approximate surface area is 179 Å². The van der Waals surface area contributed by atoms with Gasteiger partial charge in [0.05, 0.1) is 27.4 Å². The molecule has 7 heteroatoms. The maximum atomic E-state index is 13.3. The van der Waals surface area contributed by atoms with Crippen LogP contribution in [0.1, 0.15) is 23.6 Å². The average Bonchev–Trinajstić information content (AvgIpc) is 2.92. The van der Waals surface area contributed by atoms with E-state index in [9.17, 15) is 14.3 Å². The van der Waals surface area contributed by atoms with Crippen molar-refractivity contribution < 1.29 is 14.3 Å². The van der Waals surface area contributed by atoms with Gasteiger partial charge in [0.25, 0.3) is 5.91 Å². The third-order valence-corrected chi connectivity index (χ3v) is 5.70. The molecule has 1 heterocycles. The molecule has 0 saturated heterocycles. The quantitative estimate of drug-likeness (QED) is 0.614. The molecule has 0 saturated carbocycles. The minimum atomic E-state index is -0.529. The van der Waals surface area contributed by atoms with E-state index in [1.165, 1.54) is 12.1 Å². The second kappa shape index (κ2) is 8.89. The Morgan fingerprint density at radius 3 is 2.55 bits per heavy atom. The molecule has 1 aliphatic rings. The number of aryl methyl sites for hydroxylation is 1. The van der Waals surface area contributed by atoms with Gasteiger partial charge in [-0.3, -0.25) is 4.79 Å². The Hall–Kier alpha value is -2.50. The van der Waals surface area contributed by atoms with Crippen LogP contribution in [0.5, 0.6) is 0 Å². The molecular formula is C22H21Cl2FN2O2. The van der Waals surface area contributed by atoms with Crippen LogP contribution < -0.4 is 5.32 Å². The van der Waals surface area contributed by atoms with Crippen LogP contribution in [0.4, 0.5) is 4.39 Å². The van der Waals surface area contributed by atoms with Crippen LogP contribution in [0.15, 0.2) is 66.1 Å². The average molecular weight is 435 g/mol. The van der Waals surface area contributed by atoms with Gasteiger partial charge in [0.1, 0.15) is 11.6 Å². The number of hydrogen-bond acceptors (Lipinski definition) is 3. The smallest absolute Gasteiger partial charge is 0.253 e. The molecule has 1 atom stereocenters. The number of likely N-dealkylation sites (N-methyl/N-ethyl adjacent to an activating group) is 1. The van der Waals surface area contributed by atoms with Gasteiger partial charge in [-0.25, -0.2) is 4.39 Å². The van der Waals surface area contributed by atoms with Crippen molar-refractivity contribution in [1.82, 2.24) is 10.2 Å². The summed E-state index contributed by atoms with van der Waals surface area (Å²) < 4.78 is 13.3. The summed E-state index contributed by atoms with van der Waals surface area (Å²) in [7, 11) is 1.73. The molecule has 3 rings (SSSR count). The van der Waals surface area contributed by atoms with E-state index in [1.54, 1.807) is 36.2 Å². The second-order valence-corrected chi connectivity index (χ2v) is 7.70. The van der Waals surface area contributed by atoms with E-state index in [2.05, 4.69) is 11.9 Å². The van der Waals surface area contributed by atoms with Crippen molar-refractivity contribution in [2.45, 2.75) is 18.9 Å². The summed E-state index contributed by atoms with van der Waals surface area (Å²) in [5.74, 6) is -0.894. The molecule has 1 aliphatic heterocycles. The van der Waals surface area contributed by atoms with Crippen molar-refractivity contribution in [2.75, 3.05) is 13.6 Å². The molecule has 29 heavy (non-hydrogen) atoms. The topological polar surface area (TPSA) is 52.6 Å². The normalized spacial score (nSPS) is 16.5. The van der Waals surface area contributed by atoms with Gasteiger partial charge in [-0.15, -0.1) is 0 Å². The van der Waals surface area contributed by atoms with Crippen molar-refractivity contribution in [3.8, 4) is 0 Å². The van der Waals surface area contributed by atoms with Gasteiger partial charge in [0, 0.05) is 13.6 Å². The molecule has 0 spiro atoms. The summed E-state index contributed by atoms with van der Waals surface area (Å²) in [6, 6.07) is 10.8. The molecule has 0 bridgehead atoms. The van der Waals surface area contributed by atoms with E-state index < -0.39 is 6.04 Å². The van der Waals surface area contributed by atoms with Gasteiger partial charge in [-0.05, 0) is 48.2 Å². The molecule has 0 radical (unpaired) electrons. The largest absolute Gasteiger partial charge is 0.505 e. The zero-order valence-corrected chi connectivity index (χ0v) is 17.4. The first kappa shape index (κ1) is 21.2. The zero-order chi connectivity index (χ0) is 21.1. The molecule has 1 amide bonds. The van der Waals surface area contributed by atoms with Crippen LogP contribution in [0, 0.1) is 5.82 Å². The van der Waals surface area contributed by atoms with E-state index in [-0.39, 0.29) is 23.1 Å². The molecule has 2 N–H and O–H groups in total. The molecule has 152 valence electrons. The van der Waals surface area contributed by atoms with Crippen molar-refractivity contribution in [3.05, 3.63) is 93.1 Å². The number of amides is 1. The van der Waals surface area contributed by atoms with E-state index in [0.29, 0.717) is 34.3 Å². The molecule has 2 aromatic rings. The molecule has 0 aromatic heterocycles. The number of rotatable bonds is 6. The van der Waals surface area contributed by atoms with Gasteiger partial charge in [-0.1, -0.05) is 48.0 Å². The number of aliphatic hydroxyl groups is 1. The van der Waals surface area contributed by atoms with Crippen LogP contribution in [-0.2, 0) is 11.2 Å². The molecule has 0 aliphatic carbocycles. The van der Waals surface area contributed by atoms with E-state index in [1.807, 2.05) is 6.07 Å². The van der Waals surface area contributed by atoms with Gasteiger partial charge in [0.15, 0.2) is 0 Å². The lowest BCUT2D eigenvalue weighted by atomic mass is 9.99. The summed E-state index contributed by atoms with van der Waals surface area (Å²) >= 11 is 11.9. The summed E-state index contributed by atoms with van der Waals surface area (Å²) in [4.78, 5) is 14.5. The fourth-order valence-corrected chi connectivity index (χ4v) is 3.67.